The summed E-state index contributed by atoms with van der Waals surface area (Å²) in [5.41, 5.74) is 2.14. The molecule has 1 fully saturated rings. The van der Waals surface area contributed by atoms with Gasteiger partial charge in [0.2, 0.25) is 0 Å². The highest BCUT2D eigenvalue weighted by Gasteiger charge is 2.35. The molecule has 1 amide bonds. The second-order valence-electron chi connectivity index (χ2n) is 4.54. The molecule has 0 aromatic rings. The second kappa shape index (κ2) is 5.79. The van der Waals surface area contributed by atoms with Gasteiger partial charge >= 0.3 is 0 Å². The van der Waals surface area contributed by atoms with Crippen LogP contribution in [0.1, 0.15) is 26.2 Å². The zero-order valence-electron chi connectivity index (χ0n) is 10.3. The Morgan fingerprint density at radius 1 is 1.59 bits per heavy atom. The second-order valence-corrected chi connectivity index (χ2v) is 6.76. The molecular formula is C10H21N3O3S. The molecule has 2 unspecified atom stereocenters. The molecule has 0 bridgehead atoms. The van der Waals surface area contributed by atoms with Crippen LogP contribution in [0.3, 0.4) is 0 Å². The third-order valence-corrected chi connectivity index (χ3v) is 5.03. The number of carbonyl (C=O) groups excluding carboxylic acids is 1. The maximum Gasteiger partial charge on any atom is 0.251 e. The first kappa shape index (κ1) is 14.4. The number of amides is 1. The summed E-state index contributed by atoms with van der Waals surface area (Å²) in [4.78, 5) is 13.5. The minimum Gasteiger partial charge on any atom is -0.293 e. The summed E-state index contributed by atoms with van der Waals surface area (Å²) in [6.07, 6.45) is 2.12. The van der Waals surface area contributed by atoms with Crippen molar-refractivity contribution >= 4 is 15.7 Å². The van der Waals surface area contributed by atoms with Gasteiger partial charge in [0.15, 0.2) is 9.84 Å². The van der Waals surface area contributed by atoms with E-state index < -0.39 is 9.84 Å². The molecule has 7 heteroatoms. The van der Waals surface area contributed by atoms with Crippen LogP contribution in [0.25, 0.3) is 0 Å². The maximum atomic E-state index is 11.6. The van der Waals surface area contributed by atoms with Crippen LogP contribution in [0, 0.1) is 0 Å². The highest BCUT2D eigenvalue weighted by Crippen LogP contribution is 2.20. The van der Waals surface area contributed by atoms with E-state index in [4.69, 9.17) is 5.84 Å². The van der Waals surface area contributed by atoms with Gasteiger partial charge in [0.25, 0.3) is 5.91 Å². The fraction of sp³-hybridized carbons (Fsp3) is 0.900. The molecule has 1 rings (SSSR count). The molecule has 0 aromatic carbocycles. The van der Waals surface area contributed by atoms with Gasteiger partial charge in [0, 0.05) is 6.04 Å². The monoisotopic (exact) mass is 263 g/mol. The van der Waals surface area contributed by atoms with Gasteiger partial charge in [-0.3, -0.25) is 15.1 Å². The van der Waals surface area contributed by atoms with Crippen LogP contribution in [0.4, 0.5) is 0 Å². The van der Waals surface area contributed by atoms with Crippen LogP contribution in [0.15, 0.2) is 0 Å². The van der Waals surface area contributed by atoms with Crippen LogP contribution >= 0.6 is 0 Å². The number of carbonyl (C=O) groups is 1. The fourth-order valence-corrected chi connectivity index (χ4v) is 4.03. The van der Waals surface area contributed by atoms with Crippen LogP contribution < -0.4 is 11.3 Å². The van der Waals surface area contributed by atoms with Crippen LogP contribution in [-0.4, -0.2) is 49.9 Å². The normalized spacial score (nSPS) is 24.8. The first-order chi connectivity index (χ1) is 7.91. The van der Waals surface area contributed by atoms with Crippen molar-refractivity contribution in [2.45, 2.75) is 38.3 Å². The summed E-state index contributed by atoms with van der Waals surface area (Å²) in [6, 6.07) is -0.419. The number of hydrogen-bond acceptors (Lipinski definition) is 5. The van der Waals surface area contributed by atoms with E-state index in [-0.39, 0.29) is 29.5 Å². The van der Waals surface area contributed by atoms with Gasteiger partial charge in [0.05, 0.1) is 17.5 Å². The molecule has 1 heterocycles. The summed E-state index contributed by atoms with van der Waals surface area (Å²) in [7, 11) is -1.13. The van der Waals surface area contributed by atoms with Crippen molar-refractivity contribution in [1.82, 2.24) is 10.3 Å². The lowest BCUT2D eigenvalue weighted by molar-refractivity contribution is -0.127. The van der Waals surface area contributed by atoms with Gasteiger partial charge in [-0.15, -0.1) is 0 Å². The van der Waals surface area contributed by atoms with Crippen molar-refractivity contribution in [2.24, 2.45) is 5.84 Å². The smallest absolute Gasteiger partial charge is 0.251 e. The summed E-state index contributed by atoms with van der Waals surface area (Å²) in [6.45, 7) is 1.98. The van der Waals surface area contributed by atoms with Crippen LogP contribution in [0.2, 0.25) is 0 Å². The number of likely N-dealkylation sites (N-methyl/N-ethyl adjacent to an activating group) is 1. The van der Waals surface area contributed by atoms with Gasteiger partial charge in [-0.05, 0) is 19.9 Å². The number of hydrogen-bond donors (Lipinski definition) is 2. The minimum absolute atomic E-state index is 0.0751. The number of rotatable bonds is 5. The molecule has 1 aliphatic heterocycles. The van der Waals surface area contributed by atoms with E-state index in [1.165, 1.54) is 0 Å². The Bertz CT molecular complexity index is 369. The largest absolute Gasteiger partial charge is 0.293 e. The average molecular weight is 263 g/mol. The van der Waals surface area contributed by atoms with E-state index in [1.807, 2.05) is 11.8 Å². The summed E-state index contributed by atoms with van der Waals surface area (Å²) >= 11 is 0. The molecule has 2 atom stereocenters. The van der Waals surface area contributed by atoms with E-state index >= 15 is 0 Å². The first-order valence-corrected chi connectivity index (χ1v) is 7.66. The topological polar surface area (TPSA) is 92.5 Å². The summed E-state index contributed by atoms with van der Waals surface area (Å²) in [5, 5.41) is 0. The molecule has 6 nitrogen and oxygen atoms in total. The zero-order chi connectivity index (χ0) is 13.1. The molecule has 1 saturated heterocycles. The molecule has 3 N–H and O–H groups in total. The SMILES string of the molecule is CCCC(C(=O)NN)N(C)C1CCS(=O)(=O)C1. The molecule has 0 aliphatic carbocycles. The molecular weight excluding hydrogens is 242 g/mol. The molecule has 0 aromatic heterocycles. The highest BCUT2D eigenvalue weighted by molar-refractivity contribution is 7.91. The number of nitrogens with one attached hydrogen (secondary N) is 1. The van der Waals surface area contributed by atoms with Crippen molar-refractivity contribution in [3.05, 3.63) is 0 Å². The molecule has 100 valence electrons. The predicted molar refractivity (Wildman–Crippen MR) is 65.8 cm³/mol. The van der Waals surface area contributed by atoms with E-state index in [1.54, 1.807) is 7.05 Å². The Morgan fingerprint density at radius 3 is 2.65 bits per heavy atom. The average Bonchev–Trinajstić information content (AvgIpc) is 2.64. The first-order valence-electron chi connectivity index (χ1n) is 5.84. The van der Waals surface area contributed by atoms with Gasteiger partial charge in [-0.1, -0.05) is 13.3 Å². The van der Waals surface area contributed by atoms with Gasteiger partial charge in [0.1, 0.15) is 0 Å². The fourth-order valence-electron chi connectivity index (χ4n) is 2.24. The quantitative estimate of drug-likeness (QED) is 0.387. The van der Waals surface area contributed by atoms with Crippen LogP contribution in [0.5, 0.6) is 0 Å². The summed E-state index contributed by atoms with van der Waals surface area (Å²) < 4.78 is 22.8. The lowest BCUT2D eigenvalue weighted by atomic mass is 10.1. The molecule has 0 saturated carbocycles. The van der Waals surface area contributed by atoms with E-state index in [9.17, 15) is 13.2 Å². The van der Waals surface area contributed by atoms with E-state index in [0.29, 0.717) is 12.8 Å². The third kappa shape index (κ3) is 3.65. The van der Waals surface area contributed by atoms with E-state index in [2.05, 4.69) is 5.43 Å². The Morgan fingerprint density at radius 2 is 2.24 bits per heavy atom. The van der Waals surface area contributed by atoms with Gasteiger partial charge < -0.3 is 0 Å². The third-order valence-electron chi connectivity index (χ3n) is 3.28. The maximum absolute atomic E-state index is 11.6. The van der Waals surface area contributed by atoms with Crippen molar-refractivity contribution in [2.75, 3.05) is 18.6 Å². The van der Waals surface area contributed by atoms with E-state index in [0.717, 1.165) is 6.42 Å². The molecule has 0 radical (unpaired) electrons. The standard InChI is InChI=1S/C10H21N3O3S/c1-3-4-9(10(14)12-11)13(2)8-5-6-17(15,16)7-8/h8-9H,3-7,11H2,1-2H3,(H,12,14). The van der Waals surface area contributed by atoms with Gasteiger partial charge in [-0.2, -0.15) is 0 Å². The Hall–Kier alpha value is -0.660. The van der Waals surface area contributed by atoms with Crippen molar-refractivity contribution < 1.29 is 13.2 Å². The molecule has 1 aliphatic rings. The lowest BCUT2D eigenvalue weighted by Gasteiger charge is -2.30. The Kier molecular flexibility index (Phi) is 4.91. The Labute approximate surface area is 102 Å². The highest BCUT2D eigenvalue weighted by atomic mass is 32.2. The van der Waals surface area contributed by atoms with Crippen LogP contribution in [-0.2, 0) is 14.6 Å². The van der Waals surface area contributed by atoms with Crippen molar-refractivity contribution in [3.63, 3.8) is 0 Å². The summed E-state index contributed by atoms with van der Waals surface area (Å²) in [5.74, 6) is 5.25. The van der Waals surface area contributed by atoms with Gasteiger partial charge in [-0.25, -0.2) is 14.3 Å². The number of hydrazine groups is 1. The number of nitrogens with zero attached hydrogens (tertiary/aromatic N) is 1. The molecule has 0 spiro atoms. The number of nitrogens with two attached hydrogens (primary N) is 1. The minimum atomic E-state index is -2.93. The Balaban J connectivity index is 2.71. The van der Waals surface area contributed by atoms with Crippen molar-refractivity contribution in [1.29, 1.82) is 0 Å². The number of sulfone groups is 1. The van der Waals surface area contributed by atoms with Crippen molar-refractivity contribution in [3.8, 4) is 0 Å². The zero-order valence-corrected chi connectivity index (χ0v) is 11.2. The molecule has 17 heavy (non-hydrogen) atoms. The predicted octanol–water partition coefficient (Wildman–Crippen LogP) is -0.736. The lowest BCUT2D eigenvalue weighted by Crippen LogP contribution is -2.51.